The van der Waals surface area contributed by atoms with Crippen molar-refractivity contribution < 1.29 is 9.53 Å². The number of rotatable bonds is 10. The Morgan fingerprint density at radius 1 is 1.08 bits per heavy atom. The van der Waals surface area contributed by atoms with Gasteiger partial charge in [0.05, 0.1) is 7.11 Å². The van der Waals surface area contributed by atoms with Crippen LogP contribution in [0.5, 0.6) is 0 Å². The van der Waals surface area contributed by atoms with Crippen molar-refractivity contribution in [2.24, 2.45) is 4.99 Å². The maximum Gasteiger partial charge on any atom is 0.305 e. The minimum absolute atomic E-state index is 0. The van der Waals surface area contributed by atoms with Gasteiger partial charge in [0.15, 0.2) is 5.96 Å². The first-order valence-electron chi connectivity index (χ1n) is 9.06. The minimum Gasteiger partial charge on any atom is -0.469 e. The molecule has 1 aromatic rings. The van der Waals surface area contributed by atoms with Gasteiger partial charge in [-0.3, -0.25) is 9.79 Å². The summed E-state index contributed by atoms with van der Waals surface area (Å²) < 4.78 is 4.63. The standard InChI is InChI=1S/C20H33N3O2.HI/c1-20(2,17-12-8-7-9-13-17)16-23-19(21-3)22-15-11-6-5-10-14-18(24)25-4;/h7-9,12-13H,5-6,10-11,14-16H2,1-4H3,(H2,21,22,23);1H. The smallest absolute Gasteiger partial charge is 0.305 e. The predicted octanol–water partition coefficient (Wildman–Crippen LogP) is 3.87. The maximum atomic E-state index is 11.0. The number of halogens is 1. The molecule has 1 aromatic carbocycles. The summed E-state index contributed by atoms with van der Waals surface area (Å²) >= 11 is 0. The third-order valence-corrected chi connectivity index (χ3v) is 4.30. The average Bonchev–Trinajstić information content (AvgIpc) is 2.63. The van der Waals surface area contributed by atoms with Gasteiger partial charge in [0.2, 0.25) is 0 Å². The molecule has 0 atom stereocenters. The van der Waals surface area contributed by atoms with E-state index in [9.17, 15) is 4.79 Å². The van der Waals surface area contributed by atoms with E-state index in [1.54, 1.807) is 7.05 Å². The number of aliphatic imine (C=N–C) groups is 1. The molecule has 0 fully saturated rings. The van der Waals surface area contributed by atoms with Crippen molar-refractivity contribution >= 4 is 35.9 Å². The van der Waals surface area contributed by atoms with Crippen LogP contribution in [0.2, 0.25) is 0 Å². The SMILES string of the molecule is CN=C(NCCCCCCC(=O)OC)NCC(C)(C)c1ccccc1.I. The molecule has 5 nitrogen and oxygen atoms in total. The lowest BCUT2D eigenvalue weighted by molar-refractivity contribution is -0.140. The van der Waals surface area contributed by atoms with Crippen LogP contribution in [-0.4, -0.2) is 39.2 Å². The lowest BCUT2D eigenvalue weighted by atomic mass is 9.85. The van der Waals surface area contributed by atoms with E-state index < -0.39 is 0 Å². The zero-order valence-corrected chi connectivity index (χ0v) is 18.8. The summed E-state index contributed by atoms with van der Waals surface area (Å²) in [5.74, 6) is 0.710. The molecule has 0 heterocycles. The molecule has 26 heavy (non-hydrogen) atoms. The van der Waals surface area contributed by atoms with Crippen LogP contribution in [0, 0.1) is 0 Å². The van der Waals surface area contributed by atoms with Crippen LogP contribution in [0.15, 0.2) is 35.3 Å². The first-order valence-corrected chi connectivity index (χ1v) is 9.06. The molecule has 1 rings (SSSR count). The van der Waals surface area contributed by atoms with E-state index >= 15 is 0 Å². The number of esters is 1. The molecule has 0 bridgehead atoms. The Morgan fingerprint density at radius 2 is 1.73 bits per heavy atom. The molecule has 0 radical (unpaired) electrons. The molecule has 0 unspecified atom stereocenters. The summed E-state index contributed by atoms with van der Waals surface area (Å²) in [5, 5.41) is 6.76. The topological polar surface area (TPSA) is 62.7 Å². The Hall–Kier alpha value is -1.31. The second kappa shape index (κ2) is 13.8. The quantitative estimate of drug-likeness (QED) is 0.177. The Bertz CT molecular complexity index is 533. The molecule has 0 aliphatic carbocycles. The van der Waals surface area contributed by atoms with Gasteiger partial charge in [-0.2, -0.15) is 0 Å². The number of guanidine groups is 1. The first kappa shape index (κ1) is 24.7. The molecular weight excluding hydrogens is 441 g/mol. The Morgan fingerprint density at radius 3 is 2.35 bits per heavy atom. The number of ether oxygens (including phenoxy) is 1. The molecule has 0 aliphatic heterocycles. The van der Waals surface area contributed by atoms with Crippen LogP contribution in [0.1, 0.15) is 51.5 Å². The third kappa shape index (κ3) is 9.99. The zero-order chi connectivity index (χ0) is 18.5. The fourth-order valence-electron chi connectivity index (χ4n) is 2.57. The van der Waals surface area contributed by atoms with Crippen molar-refractivity contribution in [3.8, 4) is 0 Å². The molecule has 0 aromatic heterocycles. The number of nitrogens with one attached hydrogen (secondary N) is 2. The number of nitrogens with zero attached hydrogens (tertiary/aromatic N) is 1. The number of benzene rings is 1. The lowest BCUT2D eigenvalue weighted by Crippen LogP contribution is -2.43. The van der Waals surface area contributed by atoms with Gasteiger partial charge in [-0.25, -0.2) is 0 Å². The summed E-state index contributed by atoms with van der Waals surface area (Å²) in [7, 11) is 3.23. The number of methoxy groups -OCH3 is 1. The highest BCUT2D eigenvalue weighted by Gasteiger charge is 2.20. The minimum atomic E-state index is -0.122. The summed E-state index contributed by atoms with van der Waals surface area (Å²) in [6.07, 6.45) is 4.61. The molecule has 0 saturated heterocycles. The molecule has 2 N–H and O–H groups in total. The highest BCUT2D eigenvalue weighted by molar-refractivity contribution is 14.0. The first-order chi connectivity index (χ1) is 12.0. The molecule has 0 amide bonds. The van der Waals surface area contributed by atoms with Gasteiger partial charge in [-0.1, -0.05) is 57.0 Å². The number of hydrogen-bond acceptors (Lipinski definition) is 3. The average molecular weight is 475 g/mol. The van der Waals surface area contributed by atoms with Crippen molar-refractivity contribution in [3.63, 3.8) is 0 Å². The van der Waals surface area contributed by atoms with Gasteiger partial charge >= 0.3 is 5.97 Å². The second-order valence-corrected chi connectivity index (χ2v) is 6.84. The van der Waals surface area contributed by atoms with E-state index in [1.165, 1.54) is 12.7 Å². The molecule has 0 aliphatic rings. The second-order valence-electron chi connectivity index (χ2n) is 6.84. The third-order valence-electron chi connectivity index (χ3n) is 4.30. The maximum absolute atomic E-state index is 11.0. The summed E-state index contributed by atoms with van der Waals surface area (Å²) in [6.45, 7) is 6.15. The van der Waals surface area contributed by atoms with Gasteiger partial charge in [0.25, 0.3) is 0 Å². The van der Waals surface area contributed by atoms with E-state index in [2.05, 4.69) is 58.5 Å². The van der Waals surface area contributed by atoms with Crippen LogP contribution in [0.25, 0.3) is 0 Å². The van der Waals surface area contributed by atoms with Crippen LogP contribution in [0.3, 0.4) is 0 Å². The van der Waals surface area contributed by atoms with E-state index in [-0.39, 0.29) is 35.4 Å². The normalized spacial score (nSPS) is 11.5. The Balaban J connectivity index is 0.00000625. The fourth-order valence-corrected chi connectivity index (χ4v) is 2.57. The van der Waals surface area contributed by atoms with Crippen LogP contribution >= 0.6 is 24.0 Å². The number of carbonyl (C=O) groups is 1. The van der Waals surface area contributed by atoms with E-state index in [4.69, 9.17) is 0 Å². The number of carbonyl (C=O) groups excluding carboxylic acids is 1. The highest BCUT2D eigenvalue weighted by atomic mass is 127. The molecule has 0 spiro atoms. The monoisotopic (exact) mass is 475 g/mol. The van der Waals surface area contributed by atoms with Crippen LogP contribution < -0.4 is 10.6 Å². The Labute approximate surface area is 175 Å². The van der Waals surface area contributed by atoms with E-state index in [0.29, 0.717) is 6.42 Å². The molecule has 148 valence electrons. The van der Waals surface area contributed by atoms with Crippen LogP contribution in [0.4, 0.5) is 0 Å². The van der Waals surface area contributed by atoms with Gasteiger partial charge in [0.1, 0.15) is 0 Å². The van der Waals surface area contributed by atoms with Crippen molar-refractivity contribution in [3.05, 3.63) is 35.9 Å². The molecule has 0 saturated carbocycles. The predicted molar refractivity (Wildman–Crippen MR) is 119 cm³/mol. The zero-order valence-electron chi connectivity index (χ0n) is 16.5. The largest absolute Gasteiger partial charge is 0.469 e. The summed E-state index contributed by atoms with van der Waals surface area (Å²) in [4.78, 5) is 15.3. The fraction of sp³-hybridized carbons (Fsp3) is 0.600. The van der Waals surface area contributed by atoms with Crippen molar-refractivity contribution in [2.75, 3.05) is 27.2 Å². The lowest BCUT2D eigenvalue weighted by Gasteiger charge is -2.26. The molecule has 6 heteroatoms. The summed E-state index contributed by atoms with van der Waals surface area (Å²) in [6, 6.07) is 10.5. The number of hydrogen-bond donors (Lipinski definition) is 2. The Kier molecular flexibility index (Phi) is 13.1. The summed E-state index contributed by atoms with van der Waals surface area (Å²) in [5.41, 5.74) is 1.34. The van der Waals surface area contributed by atoms with Gasteiger partial charge < -0.3 is 15.4 Å². The van der Waals surface area contributed by atoms with Crippen molar-refractivity contribution in [2.45, 2.75) is 51.4 Å². The van der Waals surface area contributed by atoms with Crippen LogP contribution in [-0.2, 0) is 14.9 Å². The van der Waals surface area contributed by atoms with Gasteiger partial charge in [-0.15, -0.1) is 24.0 Å². The molecular formula is C20H34IN3O2. The highest BCUT2D eigenvalue weighted by Crippen LogP contribution is 2.21. The van der Waals surface area contributed by atoms with Gasteiger partial charge in [0, 0.05) is 32.0 Å². The van der Waals surface area contributed by atoms with Gasteiger partial charge in [-0.05, 0) is 18.4 Å². The van der Waals surface area contributed by atoms with E-state index in [1.807, 2.05) is 6.07 Å². The van der Waals surface area contributed by atoms with Crippen molar-refractivity contribution in [1.82, 2.24) is 10.6 Å². The number of unbranched alkanes of at least 4 members (excludes halogenated alkanes) is 3. The van der Waals surface area contributed by atoms with E-state index in [0.717, 1.165) is 44.7 Å². The van der Waals surface area contributed by atoms with Crippen molar-refractivity contribution in [1.29, 1.82) is 0 Å².